The zero-order valence-electron chi connectivity index (χ0n) is 17.4. The Bertz CT molecular complexity index is 954. The Morgan fingerprint density at radius 1 is 0.906 bits per heavy atom. The van der Waals surface area contributed by atoms with Gasteiger partial charge in [-0.2, -0.15) is 13.2 Å². The van der Waals surface area contributed by atoms with Crippen molar-refractivity contribution < 1.29 is 18.3 Å². The van der Waals surface area contributed by atoms with Crippen molar-refractivity contribution in [1.82, 2.24) is 9.80 Å². The summed E-state index contributed by atoms with van der Waals surface area (Å²) in [5.41, 5.74) is 2.92. The van der Waals surface area contributed by atoms with E-state index in [9.17, 15) is 18.3 Å². The number of fused-ring (bicyclic) bond motifs is 1. The summed E-state index contributed by atoms with van der Waals surface area (Å²) in [5, 5.41) is 9.18. The number of halogens is 5. The van der Waals surface area contributed by atoms with Crippen LogP contribution in [0.25, 0.3) is 5.57 Å². The highest BCUT2D eigenvalue weighted by Crippen LogP contribution is 2.33. The molecule has 0 aromatic heterocycles. The summed E-state index contributed by atoms with van der Waals surface area (Å²) in [6.45, 7) is 3.89. The van der Waals surface area contributed by atoms with Gasteiger partial charge in [0, 0.05) is 38.3 Å². The van der Waals surface area contributed by atoms with Gasteiger partial charge in [-0.1, -0.05) is 36.4 Å². The van der Waals surface area contributed by atoms with Gasteiger partial charge < -0.3 is 10.0 Å². The van der Waals surface area contributed by atoms with E-state index in [1.165, 1.54) is 12.1 Å². The van der Waals surface area contributed by atoms with Crippen LogP contribution in [-0.4, -0.2) is 60.1 Å². The molecule has 1 N–H and O–H groups in total. The van der Waals surface area contributed by atoms with Crippen LogP contribution in [0.5, 0.6) is 0 Å². The van der Waals surface area contributed by atoms with Gasteiger partial charge >= 0.3 is 6.18 Å². The smallest absolute Gasteiger partial charge is 0.395 e. The molecule has 174 valence electrons. The number of benzene rings is 2. The molecule has 0 bridgehead atoms. The third kappa shape index (κ3) is 5.84. The normalized spacial score (nSPS) is 16.7. The number of nitrogens with zero attached hydrogens (tertiary/aromatic N) is 3. The first kappa shape index (κ1) is 26.2. The summed E-state index contributed by atoms with van der Waals surface area (Å²) in [6.07, 6.45) is -1.62. The monoisotopic (exact) mass is 487 g/mol. The molecule has 0 aliphatic carbocycles. The predicted octanol–water partition coefficient (Wildman–Crippen LogP) is 4.83. The number of alkyl halides is 3. The summed E-state index contributed by atoms with van der Waals surface area (Å²) >= 11 is 0. The van der Waals surface area contributed by atoms with Crippen LogP contribution in [-0.2, 0) is 12.6 Å². The van der Waals surface area contributed by atoms with Crippen molar-refractivity contribution in [3.63, 3.8) is 0 Å². The third-order valence-electron chi connectivity index (χ3n) is 5.60. The van der Waals surface area contributed by atoms with Crippen LogP contribution in [0.2, 0.25) is 0 Å². The molecule has 2 aliphatic rings. The second-order valence-electron chi connectivity index (χ2n) is 7.51. The quantitative estimate of drug-likeness (QED) is 0.673. The molecule has 2 aromatic rings. The average molecular weight is 488 g/mol. The number of aliphatic hydroxyl groups is 1. The Balaban J connectivity index is 0.00000181. The zero-order valence-corrected chi connectivity index (χ0v) is 19.0. The minimum absolute atomic E-state index is 0. The highest BCUT2D eigenvalue weighted by molar-refractivity contribution is 6.23. The third-order valence-corrected chi connectivity index (χ3v) is 5.60. The summed E-state index contributed by atoms with van der Waals surface area (Å²) in [5.74, 6) is 0.795. The van der Waals surface area contributed by atoms with Gasteiger partial charge in [0.2, 0.25) is 0 Å². The van der Waals surface area contributed by atoms with Crippen molar-refractivity contribution in [2.45, 2.75) is 12.6 Å². The standard InChI is InChI=1S/C23H24F3N3O.2ClH/c24-23(25,26)19-8-5-17(6-9-19)20-10-7-18-3-1-2-4-21(18)27-22(20)29-13-11-28(12-14-29)15-16-30;;/h1-6,8-10,30H,7,11-16H2;2*1H. The molecule has 0 atom stereocenters. The summed E-state index contributed by atoms with van der Waals surface area (Å²) in [7, 11) is 0. The average Bonchev–Trinajstić information content (AvgIpc) is 2.94. The van der Waals surface area contributed by atoms with E-state index in [2.05, 4.69) is 15.9 Å². The fourth-order valence-corrected chi connectivity index (χ4v) is 3.92. The van der Waals surface area contributed by atoms with Gasteiger partial charge in [-0.05, 0) is 35.7 Å². The van der Waals surface area contributed by atoms with E-state index in [4.69, 9.17) is 4.99 Å². The van der Waals surface area contributed by atoms with Gasteiger partial charge in [-0.3, -0.25) is 4.90 Å². The number of β-amino-alcohol motifs (C(OH)–C–C–N with tert-alkyl or cyclic N) is 1. The van der Waals surface area contributed by atoms with Gasteiger partial charge in [-0.25, -0.2) is 4.99 Å². The Hall–Kier alpha value is -2.06. The molecule has 2 aliphatic heterocycles. The largest absolute Gasteiger partial charge is 0.416 e. The lowest BCUT2D eigenvalue weighted by atomic mass is 10.00. The number of hydrogen-bond donors (Lipinski definition) is 1. The molecule has 9 heteroatoms. The van der Waals surface area contributed by atoms with Gasteiger partial charge in [0.25, 0.3) is 0 Å². The second-order valence-corrected chi connectivity index (χ2v) is 7.51. The van der Waals surface area contributed by atoms with Crippen LogP contribution in [0.3, 0.4) is 0 Å². The molecule has 4 nitrogen and oxygen atoms in total. The van der Waals surface area contributed by atoms with Crippen LogP contribution in [0.15, 0.2) is 59.6 Å². The highest BCUT2D eigenvalue weighted by atomic mass is 35.5. The van der Waals surface area contributed by atoms with E-state index in [-0.39, 0.29) is 31.4 Å². The molecule has 0 amide bonds. The summed E-state index contributed by atoms with van der Waals surface area (Å²) in [4.78, 5) is 9.34. The van der Waals surface area contributed by atoms with Crippen LogP contribution in [0.1, 0.15) is 16.7 Å². The first-order chi connectivity index (χ1) is 14.5. The molecule has 0 radical (unpaired) electrons. The SMILES string of the molecule is Cl.Cl.OCCN1CCN(C2=Nc3ccccc3CC=C2c2ccc(C(F)(F)F)cc2)CC1. The number of rotatable bonds is 3. The number of piperazine rings is 1. The Morgan fingerprint density at radius 2 is 1.56 bits per heavy atom. The van der Waals surface area contributed by atoms with E-state index in [0.29, 0.717) is 13.0 Å². The van der Waals surface area contributed by atoms with Crippen molar-refractivity contribution in [3.8, 4) is 0 Å². The van der Waals surface area contributed by atoms with Crippen molar-refractivity contribution in [1.29, 1.82) is 0 Å². The molecular formula is C23H26Cl2F3N3O. The molecule has 0 saturated carbocycles. The zero-order chi connectivity index (χ0) is 21.1. The first-order valence-corrected chi connectivity index (χ1v) is 10.1. The van der Waals surface area contributed by atoms with Crippen molar-refractivity contribution >= 4 is 41.9 Å². The number of aliphatic hydroxyl groups excluding tert-OH is 1. The highest BCUT2D eigenvalue weighted by Gasteiger charge is 2.31. The molecule has 32 heavy (non-hydrogen) atoms. The number of para-hydroxylation sites is 1. The van der Waals surface area contributed by atoms with Crippen LogP contribution in [0.4, 0.5) is 18.9 Å². The van der Waals surface area contributed by atoms with E-state index in [1.807, 2.05) is 24.3 Å². The fourth-order valence-electron chi connectivity index (χ4n) is 3.92. The van der Waals surface area contributed by atoms with Crippen molar-refractivity contribution in [2.75, 3.05) is 39.3 Å². The predicted molar refractivity (Wildman–Crippen MR) is 126 cm³/mol. The molecule has 1 fully saturated rings. The van der Waals surface area contributed by atoms with E-state index in [0.717, 1.165) is 66.5 Å². The lowest BCUT2D eigenvalue weighted by Crippen LogP contribution is -2.49. The van der Waals surface area contributed by atoms with Crippen LogP contribution >= 0.6 is 24.8 Å². The molecule has 4 rings (SSSR count). The van der Waals surface area contributed by atoms with E-state index >= 15 is 0 Å². The fraction of sp³-hybridized carbons (Fsp3) is 0.348. The Kier molecular flexibility index (Phi) is 9.16. The molecule has 2 heterocycles. The molecule has 2 aromatic carbocycles. The maximum absolute atomic E-state index is 13.0. The van der Waals surface area contributed by atoms with Crippen LogP contribution < -0.4 is 0 Å². The molecular weight excluding hydrogens is 462 g/mol. The van der Waals surface area contributed by atoms with Gasteiger partial charge in [-0.15, -0.1) is 24.8 Å². The summed E-state index contributed by atoms with van der Waals surface area (Å²) < 4.78 is 39.0. The summed E-state index contributed by atoms with van der Waals surface area (Å²) in [6, 6.07) is 13.2. The maximum atomic E-state index is 13.0. The molecule has 0 unspecified atom stereocenters. The van der Waals surface area contributed by atoms with Crippen molar-refractivity contribution in [3.05, 3.63) is 71.3 Å². The number of allylic oxidation sites excluding steroid dienone is 1. The minimum Gasteiger partial charge on any atom is -0.395 e. The number of amidine groups is 1. The van der Waals surface area contributed by atoms with Crippen molar-refractivity contribution in [2.24, 2.45) is 4.99 Å². The second kappa shape index (κ2) is 11.2. The van der Waals surface area contributed by atoms with Gasteiger partial charge in [0.15, 0.2) is 0 Å². The Labute approximate surface area is 198 Å². The lowest BCUT2D eigenvalue weighted by molar-refractivity contribution is -0.137. The topological polar surface area (TPSA) is 39.1 Å². The molecule has 1 saturated heterocycles. The first-order valence-electron chi connectivity index (χ1n) is 10.1. The Morgan fingerprint density at radius 3 is 2.19 bits per heavy atom. The van der Waals surface area contributed by atoms with E-state index < -0.39 is 11.7 Å². The van der Waals surface area contributed by atoms with Gasteiger partial charge in [0.05, 0.1) is 17.9 Å². The number of aliphatic imine (C=N–C) groups is 1. The van der Waals surface area contributed by atoms with Gasteiger partial charge in [0.1, 0.15) is 5.84 Å². The number of hydrogen-bond acceptors (Lipinski definition) is 4. The minimum atomic E-state index is -4.35. The maximum Gasteiger partial charge on any atom is 0.416 e. The van der Waals surface area contributed by atoms with E-state index in [1.54, 1.807) is 0 Å². The van der Waals surface area contributed by atoms with Crippen LogP contribution in [0, 0.1) is 0 Å². The lowest BCUT2D eigenvalue weighted by Gasteiger charge is -2.36. The molecule has 0 spiro atoms.